The number of aryl methyl sites for hydroxylation is 1. The number of aromatic nitrogens is 1. The molecule has 76 valence electrons. The van der Waals surface area contributed by atoms with Gasteiger partial charge < -0.3 is 10.5 Å². The van der Waals surface area contributed by atoms with Crippen LogP contribution in [0.15, 0.2) is 23.7 Å². The number of nitrogens with zero attached hydrogens (tertiary/aromatic N) is 1. The molecule has 0 atom stereocenters. The average molecular weight is 213 g/mol. The van der Waals surface area contributed by atoms with E-state index in [1.165, 1.54) is 0 Å². The van der Waals surface area contributed by atoms with Crippen LogP contribution >= 0.6 is 11.6 Å². The van der Waals surface area contributed by atoms with Crippen molar-refractivity contribution >= 4 is 11.6 Å². The molecule has 1 heterocycles. The van der Waals surface area contributed by atoms with Crippen LogP contribution in [0.3, 0.4) is 0 Å². The molecule has 1 rings (SSSR count). The first-order valence-corrected chi connectivity index (χ1v) is 4.64. The summed E-state index contributed by atoms with van der Waals surface area (Å²) in [5.41, 5.74) is 7.19. The molecular weight excluding hydrogens is 200 g/mol. The molecule has 0 saturated heterocycles. The van der Waals surface area contributed by atoms with Gasteiger partial charge in [-0.2, -0.15) is 0 Å². The number of pyridine rings is 1. The highest BCUT2D eigenvalue weighted by molar-refractivity contribution is 6.29. The average Bonchev–Trinajstić information content (AvgIpc) is 2.15. The SMILES string of the molecule is C=C(Cl)COc1ccc(C)nc1CN. The van der Waals surface area contributed by atoms with Crippen molar-refractivity contribution in [1.29, 1.82) is 0 Å². The van der Waals surface area contributed by atoms with Gasteiger partial charge >= 0.3 is 0 Å². The van der Waals surface area contributed by atoms with Crippen molar-refractivity contribution in [3.05, 3.63) is 35.1 Å². The summed E-state index contributed by atoms with van der Waals surface area (Å²) in [5.74, 6) is 0.667. The zero-order valence-corrected chi connectivity index (χ0v) is 8.84. The maximum atomic E-state index is 5.58. The van der Waals surface area contributed by atoms with Gasteiger partial charge in [0.15, 0.2) is 0 Å². The summed E-state index contributed by atoms with van der Waals surface area (Å²) in [6, 6.07) is 3.70. The van der Waals surface area contributed by atoms with Crippen LogP contribution < -0.4 is 10.5 Å². The Morgan fingerprint density at radius 3 is 2.93 bits per heavy atom. The fraction of sp³-hybridized carbons (Fsp3) is 0.300. The van der Waals surface area contributed by atoms with E-state index in [1.807, 2.05) is 19.1 Å². The van der Waals surface area contributed by atoms with Crippen molar-refractivity contribution in [2.45, 2.75) is 13.5 Å². The molecule has 0 amide bonds. The lowest BCUT2D eigenvalue weighted by Gasteiger charge is -2.09. The van der Waals surface area contributed by atoms with Crippen molar-refractivity contribution in [2.24, 2.45) is 5.73 Å². The maximum absolute atomic E-state index is 5.58. The van der Waals surface area contributed by atoms with Crippen LogP contribution in [0, 0.1) is 6.92 Å². The van der Waals surface area contributed by atoms with Crippen molar-refractivity contribution in [1.82, 2.24) is 4.98 Å². The number of hydrogen-bond acceptors (Lipinski definition) is 3. The first kappa shape index (κ1) is 11.0. The zero-order chi connectivity index (χ0) is 10.6. The van der Waals surface area contributed by atoms with Crippen LogP contribution in [0.5, 0.6) is 5.75 Å². The summed E-state index contributed by atoms with van der Waals surface area (Å²) in [5, 5.41) is 0.452. The van der Waals surface area contributed by atoms with Gasteiger partial charge in [-0.05, 0) is 19.1 Å². The van der Waals surface area contributed by atoms with E-state index in [9.17, 15) is 0 Å². The molecule has 14 heavy (non-hydrogen) atoms. The monoisotopic (exact) mass is 212 g/mol. The second-order valence-corrected chi connectivity index (χ2v) is 3.44. The summed E-state index contributed by atoms with van der Waals surface area (Å²) >= 11 is 5.58. The van der Waals surface area contributed by atoms with Crippen LogP contribution in [0.1, 0.15) is 11.4 Å². The smallest absolute Gasteiger partial charge is 0.142 e. The Morgan fingerprint density at radius 2 is 2.36 bits per heavy atom. The van der Waals surface area contributed by atoms with Gasteiger partial charge in [-0.15, -0.1) is 0 Å². The molecule has 1 aromatic heterocycles. The summed E-state index contributed by atoms with van der Waals surface area (Å²) in [7, 11) is 0. The third-order valence-electron chi connectivity index (χ3n) is 1.65. The van der Waals surface area contributed by atoms with Crippen LogP contribution in [0.25, 0.3) is 0 Å². The van der Waals surface area contributed by atoms with Gasteiger partial charge in [-0.1, -0.05) is 18.2 Å². The predicted molar refractivity (Wildman–Crippen MR) is 57.4 cm³/mol. The zero-order valence-electron chi connectivity index (χ0n) is 8.09. The molecule has 0 aliphatic rings. The molecule has 0 unspecified atom stereocenters. The molecule has 0 spiro atoms. The Bertz CT molecular complexity index is 339. The molecule has 0 radical (unpaired) electrons. The number of nitrogens with two attached hydrogens (primary N) is 1. The predicted octanol–water partition coefficient (Wildman–Crippen LogP) is 1.98. The highest BCUT2D eigenvalue weighted by Gasteiger charge is 2.03. The van der Waals surface area contributed by atoms with Crippen molar-refractivity contribution < 1.29 is 4.74 Å². The van der Waals surface area contributed by atoms with Gasteiger partial charge in [0.2, 0.25) is 0 Å². The van der Waals surface area contributed by atoms with Gasteiger partial charge in [0.05, 0.1) is 5.69 Å². The molecule has 0 aliphatic heterocycles. The first-order chi connectivity index (χ1) is 6.63. The van der Waals surface area contributed by atoms with E-state index in [4.69, 9.17) is 22.1 Å². The Morgan fingerprint density at radius 1 is 1.64 bits per heavy atom. The normalized spacial score (nSPS) is 9.93. The van der Waals surface area contributed by atoms with Gasteiger partial charge in [-0.25, -0.2) is 0 Å². The minimum absolute atomic E-state index is 0.277. The van der Waals surface area contributed by atoms with Crippen molar-refractivity contribution in [2.75, 3.05) is 6.61 Å². The summed E-state index contributed by atoms with van der Waals surface area (Å²) in [6.07, 6.45) is 0. The maximum Gasteiger partial charge on any atom is 0.142 e. The standard InChI is InChI=1S/C10H13ClN2O/c1-7(11)6-14-10-4-3-8(2)13-9(10)5-12/h3-4H,1,5-6,12H2,2H3. The lowest BCUT2D eigenvalue weighted by Crippen LogP contribution is -2.06. The minimum atomic E-state index is 0.277. The fourth-order valence-corrected chi connectivity index (χ4v) is 1.09. The number of hydrogen-bond donors (Lipinski definition) is 1. The summed E-state index contributed by atoms with van der Waals surface area (Å²) in [6.45, 7) is 6.07. The van der Waals surface area contributed by atoms with Crippen molar-refractivity contribution in [3.8, 4) is 5.75 Å². The Hall–Kier alpha value is -1.06. The van der Waals surface area contributed by atoms with E-state index >= 15 is 0 Å². The molecule has 0 aliphatic carbocycles. The molecule has 0 fully saturated rings. The Balaban J connectivity index is 2.80. The van der Waals surface area contributed by atoms with Crippen LogP contribution in [-0.4, -0.2) is 11.6 Å². The molecular formula is C10H13ClN2O. The molecule has 3 nitrogen and oxygen atoms in total. The van der Waals surface area contributed by atoms with E-state index in [0.29, 0.717) is 17.3 Å². The Labute approximate surface area is 88.5 Å². The number of ether oxygens (including phenoxy) is 1. The van der Waals surface area contributed by atoms with Gasteiger partial charge in [0.1, 0.15) is 12.4 Å². The quantitative estimate of drug-likeness (QED) is 0.830. The second-order valence-electron chi connectivity index (χ2n) is 2.91. The van der Waals surface area contributed by atoms with Crippen LogP contribution in [0.2, 0.25) is 0 Å². The van der Waals surface area contributed by atoms with E-state index in [0.717, 1.165) is 11.4 Å². The molecule has 0 bridgehead atoms. The number of halogens is 1. The summed E-state index contributed by atoms with van der Waals surface area (Å²) in [4.78, 5) is 4.25. The topological polar surface area (TPSA) is 48.1 Å². The van der Waals surface area contributed by atoms with Crippen molar-refractivity contribution in [3.63, 3.8) is 0 Å². The number of rotatable bonds is 4. The highest BCUT2D eigenvalue weighted by Crippen LogP contribution is 2.17. The molecule has 4 heteroatoms. The third-order valence-corrected chi connectivity index (χ3v) is 1.76. The van der Waals surface area contributed by atoms with Crippen LogP contribution in [-0.2, 0) is 6.54 Å². The van der Waals surface area contributed by atoms with Gasteiger partial charge in [0.25, 0.3) is 0 Å². The molecule has 0 aromatic carbocycles. The van der Waals surface area contributed by atoms with Gasteiger partial charge in [-0.3, -0.25) is 4.98 Å². The van der Waals surface area contributed by atoms with E-state index in [1.54, 1.807) is 0 Å². The largest absolute Gasteiger partial charge is 0.486 e. The first-order valence-electron chi connectivity index (χ1n) is 4.26. The minimum Gasteiger partial charge on any atom is -0.486 e. The van der Waals surface area contributed by atoms with E-state index in [2.05, 4.69) is 11.6 Å². The fourth-order valence-electron chi connectivity index (χ4n) is 1.03. The molecule has 2 N–H and O–H groups in total. The van der Waals surface area contributed by atoms with Gasteiger partial charge in [0, 0.05) is 17.3 Å². The third kappa shape index (κ3) is 3.01. The molecule has 0 saturated carbocycles. The van der Waals surface area contributed by atoms with E-state index in [-0.39, 0.29) is 6.61 Å². The lowest BCUT2D eigenvalue weighted by atomic mass is 10.3. The second kappa shape index (κ2) is 4.98. The Kier molecular flexibility index (Phi) is 3.92. The lowest BCUT2D eigenvalue weighted by molar-refractivity contribution is 0.353. The summed E-state index contributed by atoms with van der Waals surface area (Å²) < 4.78 is 5.37. The van der Waals surface area contributed by atoms with Crippen LogP contribution in [0.4, 0.5) is 0 Å². The molecule has 1 aromatic rings. The highest BCUT2D eigenvalue weighted by atomic mass is 35.5. The van der Waals surface area contributed by atoms with E-state index < -0.39 is 0 Å².